The molecule has 0 aliphatic carbocycles. The molecule has 1 atom stereocenters. The molecule has 3 heteroatoms. The van der Waals surface area contributed by atoms with Crippen LogP contribution in [-0.4, -0.2) is 30.9 Å². The normalized spacial score (nSPS) is 12.6. The maximum absolute atomic E-state index is 13.1. The molecular weight excluding hydrogens is 346 g/mol. The number of benzene rings is 3. The minimum absolute atomic E-state index is 0.200. The smallest absolute Gasteiger partial charge is 0.158 e. The first kappa shape index (κ1) is 20.2. The van der Waals surface area contributed by atoms with Crippen molar-refractivity contribution in [2.24, 2.45) is 0 Å². The van der Waals surface area contributed by atoms with E-state index in [4.69, 9.17) is 4.74 Å². The summed E-state index contributed by atoms with van der Waals surface area (Å²) in [6.45, 7) is 4.65. The Hall–Kier alpha value is -2.49. The van der Waals surface area contributed by atoms with Gasteiger partial charge in [0.15, 0.2) is 5.78 Å². The molecule has 3 nitrogen and oxygen atoms in total. The van der Waals surface area contributed by atoms with Gasteiger partial charge in [-0.2, -0.15) is 0 Å². The van der Waals surface area contributed by atoms with Crippen molar-refractivity contribution in [2.75, 3.05) is 14.1 Å². The van der Waals surface area contributed by atoms with E-state index in [-0.39, 0.29) is 17.9 Å². The number of ketones is 1. The van der Waals surface area contributed by atoms with Crippen LogP contribution < -0.4 is 0 Å². The summed E-state index contributed by atoms with van der Waals surface area (Å²) in [6.07, 6.45) is 0.629. The Bertz CT molecular complexity index is 929. The molecule has 146 valence electrons. The minimum Gasteiger partial charge on any atom is -0.374 e. The summed E-state index contributed by atoms with van der Waals surface area (Å²) in [4.78, 5) is 15.1. The van der Waals surface area contributed by atoms with Crippen LogP contribution in [0.15, 0.2) is 66.7 Å². The number of rotatable bonds is 8. The highest BCUT2D eigenvalue weighted by atomic mass is 16.5. The van der Waals surface area contributed by atoms with Crippen molar-refractivity contribution in [1.82, 2.24) is 4.90 Å². The van der Waals surface area contributed by atoms with Crippen molar-refractivity contribution in [1.29, 1.82) is 0 Å². The molecule has 1 unspecified atom stereocenters. The molecule has 0 saturated heterocycles. The first-order chi connectivity index (χ1) is 13.4. The molecule has 3 aromatic carbocycles. The predicted octanol–water partition coefficient (Wildman–Crippen LogP) is 5.18. The fourth-order valence-electron chi connectivity index (χ4n) is 3.48. The summed E-state index contributed by atoms with van der Waals surface area (Å²) in [5.41, 5.74) is 3.19. The van der Waals surface area contributed by atoms with E-state index in [9.17, 15) is 4.79 Å². The van der Waals surface area contributed by atoms with Gasteiger partial charge in [0.05, 0.1) is 18.8 Å². The molecule has 0 heterocycles. The van der Waals surface area contributed by atoms with Gasteiger partial charge < -0.3 is 4.74 Å². The minimum atomic E-state index is -0.258. The third kappa shape index (κ3) is 5.06. The number of fused-ring (bicyclic) bond motifs is 1. The molecule has 0 fully saturated rings. The van der Waals surface area contributed by atoms with E-state index in [0.717, 1.165) is 16.7 Å². The Morgan fingerprint density at radius 3 is 2.18 bits per heavy atom. The van der Waals surface area contributed by atoms with Crippen LogP contribution in [-0.2, 0) is 22.6 Å². The number of hydrogen-bond donors (Lipinski definition) is 0. The fraction of sp³-hybridized carbons (Fsp3) is 0.320. The van der Waals surface area contributed by atoms with Crippen LogP contribution >= 0.6 is 0 Å². The van der Waals surface area contributed by atoms with E-state index in [1.54, 1.807) is 0 Å². The predicted molar refractivity (Wildman–Crippen MR) is 115 cm³/mol. The highest BCUT2D eigenvalue weighted by molar-refractivity contribution is 5.89. The van der Waals surface area contributed by atoms with Gasteiger partial charge in [-0.25, -0.2) is 0 Å². The van der Waals surface area contributed by atoms with E-state index < -0.39 is 0 Å². The largest absolute Gasteiger partial charge is 0.374 e. The zero-order valence-electron chi connectivity index (χ0n) is 17.2. The summed E-state index contributed by atoms with van der Waals surface area (Å²) in [6, 6.07) is 22.4. The van der Waals surface area contributed by atoms with Crippen molar-refractivity contribution in [3.8, 4) is 0 Å². The topological polar surface area (TPSA) is 29.5 Å². The van der Waals surface area contributed by atoms with Gasteiger partial charge in [0.25, 0.3) is 0 Å². The van der Waals surface area contributed by atoms with Crippen molar-refractivity contribution in [3.05, 3.63) is 83.4 Å². The van der Waals surface area contributed by atoms with Crippen molar-refractivity contribution < 1.29 is 9.53 Å². The van der Waals surface area contributed by atoms with Gasteiger partial charge in [-0.3, -0.25) is 9.69 Å². The van der Waals surface area contributed by atoms with E-state index in [0.29, 0.717) is 13.0 Å². The second-order valence-electron chi connectivity index (χ2n) is 7.79. The highest BCUT2D eigenvalue weighted by Crippen LogP contribution is 2.23. The summed E-state index contributed by atoms with van der Waals surface area (Å²) in [5.74, 6) is 0.200. The highest BCUT2D eigenvalue weighted by Gasteiger charge is 2.23. The summed E-state index contributed by atoms with van der Waals surface area (Å²) in [5, 5.41) is 2.37. The van der Waals surface area contributed by atoms with Crippen LogP contribution in [0.4, 0.5) is 0 Å². The molecule has 0 aromatic heterocycles. The van der Waals surface area contributed by atoms with Crippen molar-refractivity contribution in [3.63, 3.8) is 0 Å². The third-order valence-electron chi connectivity index (χ3n) is 4.89. The number of nitrogens with zero attached hydrogens (tertiary/aromatic N) is 1. The lowest BCUT2D eigenvalue weighted by atomic mass is 9.95. The van der Waals surface area contributed by atoms with Crippen LogP contribution in [0.5, 0.6) is 0 Å². The molecular formula is C25H29NO2. The Balaban J connectivity index is 1.76. The lowest BCUT2D eigenvalue weighted by Crippen LogP contribution is -2.29. The van der Waals surface area contributed by atoms with Crippen LogP contribution in [0.1, 0.15) is 36.6 Å². The fourth-order valence-corrected chi connectivity index (χ4v) is 3.48. The summed E-state index contributed by atoms with van der Waals surface area (Å²) in [7, 11) is 3.91. The Morgan fingerprint density at radius 1 is 0.893 bits per heavy atom. The number of ether oxygens (including phenoxy) is 1. The third-order valence-corrected chi connectivity index (χ3v) is 4.89. The average Bonchev–Trinajstić information content (AvgIpc) is 2.67. The van der Waals surface area contributed by atoms with Gasteiger partial charge in [-0.05, 0) is 55.4 Å². The number of hydrogen-bond acceptors (Lipinski definition) is 3. The summed E-state index contributed by atoms with van der Waals surface area (Å²) < 4.78 is 5.66. The number of likely N-dealkylation sites (N-methyl/N-ethyl adjacent to an activating group) is 1. The molecule has 28 heavy (non-hydrogen) atoms. The van der Waals surface area contributed by atoms with E-state index in [1.807, 2.05) is 57.1 Å². The SMILES string of the molecule is CC(C)OCc1ccc(C(C(=O)Cc2ccc3ccccc3c2)N(C)C)cc1. The van der Waals surface area contributed by atoms with E-state index in [2.05, 4.69) is 42.5 Å². The summed E-state index contributed by atoms with van der Waals surface area (Å²) >= 11 is 0. The van der Waals surface area contributed by atoms with Gasteiger partial charge >= 0.3 is 0 Å². The van der Waals surface area contributed by atoms with Gasteiger partial charge in [0.2, 0.25) is 0 Å². The number of carbonyl (C=O) groups is 1. The zero-order chi connectivity index (χ0) is 20.1. The van der Waals surface area contributed by atoms with E-state index >= 15 is 0 Å². The van der Waals surface area contributed by atoms with Crippen LogP contribution in [0, 0.1) is 0 Å². The lowest BCUT2D eigenvalue weighted by molar-refractivity contribution is -0.123. The maximum Gasteiger partial charge on any atom is 0.158 e. The maximum atomic E-state index is 13.1. The first-order valence-corrected chi connectivity index (χ1v) is 9.81. The molecule has 0 aliphatic heterocycles. The molecule has 3 aromatic rings. The van der Waals surface area contributed by atoms with Gasteiger partial charge in [-0.15, -0.1) is 0 Å². The second-order valence-corrected chi connectivity index (χ2v) is 7.79. The molecule has 3 rings (SSSR count). The molecule has 0 saturated carbocycles. The van der Waals surface area contributed by atoms with Crippen LogP contribution in [0.2, 0.25) is 0 Å². The molecule has 0 aliphatic rings. The van der Waals surface area contributed by atoms with Crippen molar-refractivity contribution >= 4 is 16.6 Å². The van der Waals surface area contributed by atoms with Crippen molar-refractivity contribution in [2.45, 2.75) is 39.0 Å². The standard InChI is InChI=1S/C25H29NO2/c1-18(2)28-17-19-9-13-22(14-10-19)25(26(3)4)24(27)16-20-11-12-21-7-5-6-8-23(21)15-20/h5-15,18,25H,16-17H2,1-4H3. The monoisotopic (exact) mass is 375 g/mol. The van der Waals surface area contributed by atoms with Gasteiger partial charge in [-0.1, -0.05) is 66.7 Å². The first-order valence-electron chi connectivity index (χ1n) is 9.81. The molecule has 0 spiro atoms. The molecule has 0 N–H and O–H groups in total. The van der Waals surface area contributed by atoms with E-state index in [1.165, 1.54) is 10.8 Å². The number of Topliss-reactive ketones (excluding diaryl/α,β-unsaturated/α-hetero) is 1. The van der Waals surface area contributed by atoms with Crippen LogP contribution in [0.25, 0.3) is 10.8 Å². The Kier molecular flexibility index (Phi) is 6.61. The average molecular weight is 376 g/mol. The Morgan fingerprint density at radius 2 is 1.54 bits per heavy atom. The molecule has 0 radical (unpaired) electrons. The van der Waals surface area contributed by atoms with Gasteiger partial charge in [0, 0.05) is 6.42 Å². The van der Waals surface area contributed by atoms with Gasteiger partial charge in [0.1, 0.15) is 0 Å². The second kappa shape index (κ2) is 9.13. The number of carbonyl (C=O) groups excluding carboxylic acids is 1. The zero-order valence-corrected chi connectivity index (χ0v) is 17.2. The molecule has 0 amide bonds. The Labute approximate surface area is 167 Å². The lowest BCUT2D eigenvalue weighted by Gasteiger charge is -2.24. The quantitative estimate of drug-likeness (QED) is 0.543. The van der Waals surface area contributed by atoms with Crippen LogP contribution in [0.3, 0.4) is 0 Å². The molecule has 0 bridgehead atoms.